The van der Waals surface area contributed by atoms with Gasteiger partial charge in [-0.15, -0.1) is 0 Å². The molecule has 0 radical (unpaired) electrons. The number of carboxylic acids is 1. The number of nitrogens with one attached hydrogen (secondary N) is 4. The quantitative estimate of drug-likeness (QED) is 0.202. The van der Waals surface area contributed by atoms with E-state index in [1.807, 2.05) is 31.2 Å². The van der Waals surface area contributed by atoms with Crippen LogP contribution in [0.5, 0.6) is 5.75 Å². The number of carboxylic acid groups (broad SMARTS) is 1. The molecule has 12 heteroatoms. The Morgan fingerprint density at radius 3 is 2.47 bits per heavy atom. The lowest BCUT2D eigenvalue weighted by atomic mass is 10.1. The second kappa shape index (κ2) is 12.7. The number of benzene rings is 2. The molecular formula is C26H34N6O5S. The Kier molecular flexibility index (Phi) is 9.61. The van der Waals surface area contributed by atoms with E-state index in [9.17, 15) is 13.2 Å². The highest BCUT2D eigenvalue weighted by Crippen LogP contribution is 2.24. The first-order valence-electron chi connectivity index (χ1n) is 12.1. The van der Waals surface area contributed by atoms with Crippen LogP contribution in [-0.4, -0.2) is 54.7 Å². The van der Waals surface area contributed by atoms with Gasteiger partial charge in [0.1, 0.15) is 11.6 Å². The standard InChI is InChI=1S/C26H34N6O5S/c1-18-16-28-25(30-19-9-11-21(12-10-19)37-14-6-13-27-17-23(33)34)31-24(18)29-20-7-5-8-22(15-20)38(35,36)32-26(2,3)4/h5,7-12,15-16,27,32H,6,13-14,17H2,1-4H3,(H,33,34)(H2,28,29,30,31). The number of aromatic nitrogens is 2. The summed E-state index contributed by atoms with van der Waals surface area (Å²) in [5, 5.41) is 17.8. The lowest BCUT2D eigenvalue weighted by molar-refractivity contribution is -0.135. The highest BCUT2D eigenvalue weighted by atomic mass is 32.2. The highest BCUT2D eigenvalue weighted by molar-refractivity contribution is 7.89. The van der Waals surface area contributed by atoms with Gasteiger partial charge in [-0.1, -0.05) is 6.07 Å². The fraction of sp³-hybridized carbons (Fsp3) is 0.346. The first kappa shape index (κ1) is 28.8. The topological polar surface area (TPSA) is 155 Å². The number of aliphatic carboxylic acids is 1. The first-order chi connectivity index (χ1) is 17.9. The third-order valence-corrected chi connectivity index (χ3v) is 6.73. The molecule has 11 nitrogen and oxygen atoms in total. The zero-order valence-electron chi connectivity index (χ0n) is 21.9. The van der Waals surface area contributed by atoms with E-state index in [2.05, 4.69) is 30.6 Å². The van der Waals surface area contributed by atoms with Crippen LogP contribution in [0.1, 0.15) is 32.8 Å². The van der Waals surface area contributed by atoms with Gasteiger partial charge in [-0.3, -0.25) is 4.79 Å². The molecule has 0 aliphatic carbocycles. The first-order valence-corrected chi connectivity index (χ1v) is 13.6. The van der Waals surface area contributed by atoms with Crippen molar-refractivity contribution in [1.29, 1.82) is 0 Å². The summed E-state index contributed by atoms with van der Waals surface area (Å²) in [5.41, 5.74) is 1.53. The van der Waals surface area contributed by atoms with Crippen molar-refractivity contribution in [1.82, 2.24) is 20.0 Å². The van der Waals surface area contributed by atoms with Gasteiger partial charge in [0.2, 0.25) is 16.0 Å². The molecule has 0 atom stereocenters. The summed E-state index contributed by atoms with van der Waals surface area (Å²) in [6, 6.07) is 13.9. The zero-order chi connectivity index (χ0) is 27.8. The molecule has 0 amide bonds. The molecule has 2 aromatic carbocycles. The smallest absolute Gasteiger partial charge is 0.317 e. The van der Waals surface area contributed by atoms with Crippen LogP contribution >= 0.6 is 0 Å². The van der Waals surface area contributed by atoms with E-state index < -0.39 is 21.5 Å². The summed E-state index contributed by atoms with van der Waals surface area (Å²) >= 11 is 0. The van der Waals surface area contributed by atoms with Crippen LogP contribution in [0.2, 0.25) is 0 Å². The van der Waals surface area contributed by atoms with Crippen molar-refractivity contribution in [3.8, 4) is 5.75 Å². The Hall–Kier alpha value is -3.74. The minimum absolute atomic E-state index is 0.0676. The van der Waals surface area contributed by atoms with Gasteiger partial charge in [0.15, 0.2) is 0 Å². The molecule has 0 unspecified atom stereocenters. The average Bonchev–Trinajstić information content (AvgIpc) is 2.83. The Morgan fingerprint density at radius 2 is 1.79 bits per heavy atom. The van der Waals surface area contributed by atoms with Crippen molar-refractivity contribution < 1.29 is 23.1 Å². The van der Waals surface area contributed by atoms with Crippen LogP contribution in [0, 0.1) is 6.92 Å². The van der Waals surface area contributed by atoms with E-state index in [0.29, 0.717) is 42.8 Å². The monoisotopic (exact) mass is 542 g/mol. The SMILES string of the molecule is Cc1cnc(Nc2ccc(OCCCNCC(=O)O)cc2)nc1Nc1cccc(S(=O)(=O)NC(C)(C)C)c1. The largest absolute Gasteiger partial charge is 0.494 e. The summed E-state index contributed by atoms with van der Waals surface area (Å²) in [4.78, 5) is 19.5. The number of hydrogen-bond acceptors (Lipinski definition) is 9. The number of ether oxygens (including phenoxy) is 1. The lowest BCUT2D eigenvalue weighted by Crippen LogP contribution is -2.40. The van der Waals surface area contributed by atoms with E-state index in [4.69, 9.17) is 9.84 Å². The minimum Gasteiger partial charge on any atom is -0.494 e. The number of hydrogen-bond donors (Lipinski definition) is 5. The maximum absolute atomic E-state index is 12.7. The molecule has 3 rings (SSSR count). The van der Waals surface area contributed by atoms with E-state index >= 15 is 0 Å². The third-order valence-electron chi connectivity index (χ3n) is 4.97. The van der Waals surface area contributed by atoms with E-state index in [1.54, 1.807) is 51.2 Å². The van der Waals surface area contributed by atoms with Gasteiger partial charge in [-0.05, 0) is 83.1 Å². The Morgan fingerprint density at radius 1 is 1.05 bits per heavy atom. The van der Waals surface area contributed by atoms with Crippen LogP contribution in [0.15, 0.2) is 59.6 Å². The molecular weight excluding hydrogens is 508 g/mol. The number of nitrogens with zero attached hydrogens (tertiary/aromatic N) is 2. The highest BCUT2D eigenvalue weighted by Gasteiger charge is 2.22. The molecule has 204 valence electrons. The number of sulfonamides is 1. The van der Waals surface area contributed by atoms with E-state index in [-0.39, 0.29) is 11.4 Å². The van der Waals surface area contributed by atoms with Gasteiger partial charge in [0, 0.05) is 28.7 Å². The summed E-state index contributed by atoms with van der Waals surface area (Å²) in [6.07, 6.45) is 2.36. The van der Waals surface area contributed by atoms with Gasteiger partial charge < -0.3 is 25.8 Å². The van der Waals surface area contributed by atoms with Crippen molar-refractivity contribution in [2.45, 2.75) is 44.6 Å². The number of carbonyl (C=O) groups is 1. The summed E-state index contributed by atoms with van der Waals surface area (Å²) in [5.74, 6) is 0.715. The molecule has 0 aliphatic heterocycles. The average molecular weight is 543 g/mol. The molecule has 5 N–H and O–H groups in total. The molecule has 1 heterocycles. The third kappa shape index (κ3) is 9.29. The van der Waals surface area contributed by atoms with E-state index in [0.717, 1.165) is 11.3 Å². The van der Waals surface area contributed by atoms with Gasteiger partial charge in [-0.2, -0.15) is 4.98 Å². The van der Waals surface area contributed by atoms with Crippen molar-refractivity contribution in [3.05, 3.63) is 60.3 Å². The van der Waals surface area contributed by atoms with Gasteiger partial charge in [0.05, 0.1) is 18.0 Å². The van der Waals surface area contributed by atoms with Crippen molar-refractivity contribution >= 4 is 39.1 Å². The molecule has 0 spiro atoms. The van der Waals surface area contributed by atoms with Crippen LogP contribution in [0.25, 0.3) is 0 Å². The van der Waals surface area contributed by atoms with Crippen LogP contribution in [-0.2, 0) is 14.8 Å². The minimum atomic E-state index is -3.68. The molecule has 38 heavy (non-hydrogen) atoms. The molecule has 0 saturated heterocycles. The Balaban J connectivity index is 1.61. The Labute approximate surface area is 223 Å². The van der Waals surface area contributed by atoms with Gasteiger partial charge >= 0.3 is 5.97 Å². The van der Waals surface area contributed by atoms with Crippen molar-refractivity contribution in [2.24, 2.45) is 0 Å². The number of anilines is 4. The normalized spacial score (nSPS) is 11.7. The lowest BCUT2D eigenvalue weighted by Gasteiger charge is -2.20. The van der Waals surface area contributed by atoms with Gasteiger partial charge in [0.25, 0.3) is 0 Å². The summed E-state index contributed by atoms with van der Waals surface area (Å²) in [7, 11) is -3.68. The molecule has 3 aromatic rings. The predicted octanol–water partition coefficient (Wildman–Crippen LogP) is 3.79. The van der Waals surface area contributed by atoms with Crippen LogP contribution in [0.3, 0.4) is 0 Å². The van der Waals surface area contributed by atoms with Crippen molar-refractivity contribution in [2.75, 3.05) is 30.3 Å². The van der Waals surface area contributed by atoms with Gasteiger partial charge in [-0.25, -0.2) is 18.1 Å². The van der Waals surface area contributed by atoms with Crippen LogP contribution < -0.4 is 25.4 Å². The Bertz CT molecular complexity index is 1340. The van der Waals surface area contributed by atoms with Crippen molar-refractivity contribution in [3.63, 3.8) is 0 Å². The number of aryl methyl sites for hydroxylation is 1. The summed E-state index contributed by atoms with van der Waals surface area (Å²) in [6.45, 7) is 8.18. The molecule has 1 aromatic heterocycles. The summed E-state index contributed by atoms with van der Waals surface area (Å²) < 4.78 is 33.8. The fourth-order valence-corrected chi connectivity index (χ4v) is 4.78. The maximum atomic E-state index is 12.7. The van der Waals surface area contributed by atoms with E-state index in [1.165, 1.54) is 0 Å². The molecule has 0 bridgehead atoms. The van der Waals surface area contributed by atoms with Crippen LogP contribution in [0.4, 0.5) is 23.1 Å². The number of rotatable bonds is 13. The molecule has 0 aliphatic rings. The zero-order valence-corrected chi connectivity index (χ0v) is 22.7. The predicted molar refractivity (Wildman–Crippen MR) is 147 cm³/mol. The second-order valence-electron chi connectivity index (χ2n) is 9.66. The molecule has 0 fully saturated rings. The molecule has 0 saturated carbocycles. The second-order valence-corrected chi connectivity index (χ2v) is 11.3. The maximum Gasteiger partial charge on any atom is 0.317 e. The fourth-order valence-electron chi connectivity index (χ4n) is 3.31.